The first-order valence-electron chi connectivity index (χ1n) is 5.05. The van der Waals surface area contributed by atoms with E-state index in [9.17, 15) is 9.59 Å². The van der Waals surface area contributed by atoms with Crippen LogP contribution in [0, 0.1) is 0 Å². The fourth-order valence-corrected chi connectivity index (χ4v) is 1.38. The molecular formula is C11H15NO3. The quantitative estimate of drug-likeness (QED) is 0.669. The lowest BCUT2D eigenvalue weighted by Crippen LogP contribution is -2.23. The molecule has 0 saturated carbocycles. The van der Waals surface area contributed by atoms with Crippen molar-refractivity contribution in [3.05, 3.63) is 23.8 Å². The molecule has 0 bridgehead atoms. The number of rotatable bonds is 5. The van der Waals surface area contributed by atoms with Crippen LogP contribution >= 0.6 is 0 Å². The Morgan fingerprint density at radius 3 is 2.93 bits per heavy atom. The monoisotopic (exact) mass is 209 g/mol. The molecule has 0 heterocycles. The van der Waals surface area contributed by atoms with Crippen LogP contribution in [0.5, 0.6) is 0 Å². The van der Waals surface area contributed by atoms with Gasteiger partial charge in [-0.2, -0.15) is 0 Å². The summed E-state index contributed by atoms with van der Waals surface area (Å²) >= 11 is 0. The molecule has 4 heteroatoms. The predicted octanol–water partition coefficient (Wildman–Crippen LogP) is 1.24. The SMILES string of the molecule is O=C(O)CCNC(=O)/C=C/C1=CCCC1. The fraction of sp³-hybridized carbons (Fsp3) is 0.455. The number of allylic oxidation sites excluding steroid dienone is 3. The van der Waals surface area contributed by atoms with E-state index in [2.05, 4.69) is 11.4 Å². The van der Waals surface area contributed by atoms with E-state index >= 15 is 0 Å². The van der Waals surface area contributed by atoms with Crippen LogP contribution in [0.4, 0.5) is 0 Å². The minimum absolute atomic E-state index is 0.0394. The van der Waals surface area contributed by atoms with E-state index in [1.165, 1.54) is 11.6 Å². The van der Waals surface area contributed by atoms with Gasteiger partial charge in [-0.1, -0.05) is 17.7 Å². The van der Waals surface area contributed by atoms with Gasteiger partial charge in [-0.3, -0.25) is 9.59 Å². The standard InChI is InChI=1S/C11H15NO3/c13-10(12-8-7-11(14)15)6-5-9-3-1-2-4-9/h3,5-6H,1-2,4,7-8H2,(H,12,13)(H,14,15)/b6-5+. The summed E-state index contributed by atoms with van der Waals surface area (Å²) in [5, 5.41) is 10.9. The summed E-state index contributed by atoms with van der Waals surface area (Å²) in [7, 11) is 0. The second-order valence-corrected chi connectivity index (χ2v) is 3.44. The third-order valence-electron chi connectivity index (χ3n) is 2.16. The Morgan fingerprint density at radius 2 is 2.33 bits per heavy atom. The van der Waals surface area contributed by atoms with Gasteiger partial charge < -0.3 is 10.4 Å². The first kappa shape index (κ1) is 11.5. The molecular weight excluding hydrogens is 194 g/mol. The van der Waals surface area contributed by atoms with Gasteiger partial charge in [0.15, 0.2) is 0 Å². The molecule has 0 saturated heterocycles. The Hall–Kier alpha value is -1.58. The summed E-state index contributed by atoms with van der Waals surface area (Å²) < 4.78 is 0. The van der Waals surface area contributed by atoms with Crippen LogP contribution in [-0.4, -0.2) is 23.5 Å². The van der Waals surface area contributed by atoms with Crippen LogP contribution < -0.4 is 5.32 Å². The zero-order valence-electron chi connectivity index (χ0n) is 8.53. The van der Waals surface area contributed by atoms with E-state index in [0.29, 0.717) is 0 Å². The third kappa shape index (κ3) is 5.00. The van der Waals surface area contributed by atoms with Crippen molar-refractivity contribution in [2.75, 3.05) is 6.54 Å². The van der Waals surface area contributed by atoms with Crippen molar-refractivity contribution < 1.29 is 14.7 Å². The van der Waals surface area contributed by atoms with Crippen LogP contribution in [0.15, 0.2) is 23.8 Å². The van der Waals surface area contributed by atoms with Crippen molar-refractivity contribution in [1.29, 1.82) is 0 Å². The molecule has 1 aliphatic carbocycles. The van der Waals surface area contributed by atoms with E-state index in [4.69, 9.17) is 5.11 Å². The number of aliphatic carboxylic acids is 1. The molecule has 0 aromatic heterocycles. The highest BCUT2D eigenvalue weighted by atomic mass is 16.4. The maximum atomic E-state index is 11.2. The van der Waals surface area contributed by atoms with Gasteiger partial charge in [-0.15, -0.1) is 0 Å². The number of hydrogen-bond acceptors (Lipinski definition) is 2. The summed E-state index contributed by atoms with van der Waals surface area (Å²) in [6.07, 6.45) is 8.59. The highest BCUT2D eigenvalue weighted by Crippen LogP contribution is 2.17. The summed E-state index contributed by atoms with van der Waals surface area (Å²) in [6.45, 7) is 0.178. The Kier molecular flexibility index (Phi) is 4.60. The highest BCUT2D eigenvalue weighted by Gasteiger charge is 2.02. The van der Waals surface area contributed by atoms with E-state index < -0.39 is 5.97 Å². The first-order valence-corrected chi connectivity index (χ1v) is 5.05. The molecule has 0 radical (unpaired) electrons. The summed E-state index contributed by atoms with van der Waals surface area (Å²) in [4.78, 5) is 21.3. The van der Waals surface area contributed by atoms with Crippen LogP contribution in [0.1, 0.15) is 25.7 Å². The van der Waals surface area contributed by atoms with Crippen LogP contribution in [-0.2, 0) is 9.59 Å². The third-order valence-corrected chi connectivity index (χ3v) is 2.16. The van der Waals surface area contributed by atoms with E-state index in [1.54, 1.807) is 6.08 Å². The summed E-state index contributed by atoms with van der Waals surface area (Å²) in [6, 6.07) is 0. The minimum atomic E-state index is -0.905. The Bertz CT molecular complexity index is 305. The molecule has 0 spiro atoms. The molecule has 0 fully saturated rings. The summed E-state index contributed by atoms with van der Waals surface area (Å²) in [5.41, 5.74) is 1.18. The second-order valence-electron chi connectivity index (χ2n) is 3.44. The van der Waals surface area contributed by atoms with Crippen LogP contribution in [0.2, 0.25) is 0 Å². The van der Waals surface area contributed by atoms with Crippen LogP contribution in [0.3, 0.4) is 0 Å². The van der Waals surface area contributed by atoms with Gasteiger partial charge in [0.2, 0.25) is 5.91 Å². The van der Waals surface area contributed by atoms with Crippen molar-refractivity contribution in [3.8, 4) is 0 Å². The molecule has 1 aliphatic rings. The Balaban J connectivity index is 2.20. The Morgan fingerprint density at radius 1 is 1.53 bits per heavy atom. The molecule has 2 N–H and O–H groups in total. The van der Waals surface area contributed by atoms with Gasteiger partial charge in [0.05, 0.1) is 6.42 Å². The number of nitrogens with one attached hydrogen (secondary N) is 1. The van der Waals surface area contributed by atoms with Crippen LogP contribution in [0.25, 0.3) is 0 Å². The predicted molar refractivity (Wildman–Crippen MR) is 56.3 cm³/mol. The molecule has 0 aromatic carbocycles. The summed E-state index contributed by atoms with van der Waals surface area (Å²) in [5.74, 6) is -1.14. The first-order chi connectivity index (χ1) is 7.18. The number of carbonyl (C=O) groups is 2. The topological polar surface area (TPSA) is 66.4 Å². The lowest BCUT2D eigenvalue weighted by atomic mass is 10.2. The van der Waals surface area contributed by atoms with Gasteiger partial charge in [-0.05, 0) is 19.3 Å². The van der Waals surface area contributed by atoms with Crippen molar-refractivity contribution >= 4 is 11.9 Å². The normalized spacial score (nSPS) is 15.3. The molecule has 4 nitrogen and oxygen atoms in total. The molecule has 1 rings (SSSR count). The molecule has 0 unspecified atom stereocenters. The number of hydrogen-bond donors (Lipinski definition) is 2. The van der Waals surface area contributed by atoms with Crippen molar-refractivity contribution in [3.63, 3.8) is 0 Å². The second kappa shape index (κ2) is 6.01. The van der Waals surface area contributed by atoms with Crippen molar-refractivity contribution in [2.45, 2.75) is 25.7 Å². The maximum Gasteiger partial charge on any atom is 0.305 e. The lowest BCUT2D eigenvalue weighted by molar-refractivity contribution is -0.136. The zero-order valence-corrected chi connectivity index (χ0v) is 8.53. The van der Waals surface area contributed by atoms with E-state index in [0.717, 1.165) is 19.3 Å². The van der Waals surface area contributed by atoms with Gasteiger partial charge in [-0.25, -0.2) is 0 Å². The lowest BCUT2D eigenvalue weighted by Gasteiger charge is -1.98. The van der Waals surface area contributed by atoms with Gasteiger partial charge in [0.25, 0.3) is 0 Å². The largest absolute Gasteiger partial charge is 0.481 e. The molecule has 82 valence electrons. The molecule has 0 atom stereocenters. The van der Waals surface area contributed by atoms with E-state index in [1.807, 2.05) is 0 Å². The average Bonchev–Trinajstić information content (AvgIpc) is 2.66. The minimum Gasteiger partial charge on any atom is -0.481 e. The average molecular weight is 209 g/mol. The van der Waals surface area contributed by atoms with E-state index in [-0.39, 0.29) is 18.9 Å². The number of carbonyl (C=O) groups excluding carboxylic acids is 1. The molecule has 1 amide bonds. The van der Waals surface area contributed by atoms with Gasteiger partial charge in [0, 0.05) is 12.6 Å². The smallest absolute Gasteiger partial charge is 0.305 e. The maximum absolute atomic E-state index is 11.2. The molecule has 15 heavy (non-hydrogen) atoms. The Labute approximate surface area is 88.7 Å². The van der Waals surface area contributed by atoms with Gasteiger partial charge in [0.1, 0.15) is 0 Å². The zero-order chi connectivity index (χ0) is 11.1. The highest BCUT2D eigenvalue weighted by molar-refractivity contribution is 5.88. The van der Waals surface area contributed by atoms with Gasteiger partial charge >= 0.3 is 5.97 Å². The van der Waals surface area contributed by atoms with Crippen molar-refractivity contribution in [2.24, 2.45) is 0 Å². The molecule has 0 aliphatic heterocycles. The molecule has 0 aromatic rings. The fourth-order valence-electron chi connectivity index (χ4n) is 1.38. The number of carboxylic acid groups (broad SMARTS) is 1. The van der Waals surface area contributed by atoms with Crippen molar-refractivity contribution in [1.82, 2.24) is 5.32 Å². The number of carboxylic acids is 1. The number of amides is 1.